The van der Waals surface area contributed by atoms with Crippen LogP contribution in [0.25, 0.3) is 0 Å². The summed E-state index contributed by atoms with van der Waals surface area (Å²) in [6.45, 7) is 7.43. The van der Waals surface area contributed by atoms with Crippen molar-refractivity contribution in [2.75, 3.05) is 6.61 Å². The molecule has 5 N–H and O–H groups in total. The molecule has 2 aromatic rings. The first-order valence-electron chi connectivity index (χ1n) is 10.1. The first-order chi connectivity index (χ1) is 14.8. The fourth-order valence-corrected chi connectivity index (χ4v) is 3.00. The van der Waals surface area contributed by atoms with Crippen LogP contribution in [0.1, 0.15) is 47.0 Å². The van der Waals surface area contributed by atoms with Crippen molar-refractivity contribution in [3.05, 3.63) is 24.3 Å². The van der Waals surface area contributed by atoms with Crippen LogP contribution < -0.4 is 10.2 Å². The van der Waals surface area contributed by atoms with Crippen LogP contribution in [-0.4, -0.2) is 59.3 Å². The highest BCUT2D eigenvalue weighted by Gasteiger charge is 2.27. The van der Waals surface area contributed by atoms with Crippen molar-refractivity contribution in [1.82, 2.24) is 14.6 Å². The molecule has 0 fully saturated rings. The number of aromatic hydroxyl groups is 4. The van der Waals surface area contributed by atoms with Gasteiger partial charge in [-0.15, -0.1) is 4.73 Å². The molecule has 0 aliphatic rings. The third kappa shape index (κ3) is 7.12. The van der Waals surface area contributed by atoms with E-state index in [1.807, 2.05) is 13.8 Å². The van der Waals surface area contributed by atoms with E-state index in [2.05, 4.69) is 5.32 Å². The van der Waals surface area contributed by atoms with Gasteiger partial charge in [-0.2, -0.15) is 0 Å². The predicted octanol–water partition coefficient (Wildman–Crippen LogP) is 1.63. The fraction of sp³-hybridized carbons (Fsp3) is 0.524. The van der Waals surface area contributed by atoms with E-state index in [4.69, 9.17) is 9.57 Å². The number of nitrogens with one attached hydrogen (secondary N) is 1. The number of hydrogen-bond acceptors (Lipinski definition) is 8. The van der Waals surface area contributed by atoms with Crippen molar-refractivity contribution in [2.24, 2.45) is 0 Å². The first kappa shape index (κ1) is 24.9. The minimum absolute atomic E-state index is 0.0660. The molecule has 0 saturated carbocycles. The largest absolute Gasteiger partial charge is 0.494 e. The van der Waals surface area contributed by atoms with Crippen molar-refractivity contribution in [3.63, 3.8) is 0 Å². The van der Waals surface area contributed by atoms with Crippen molar-refractivity contribution in [1.29, 1.82) is 0 Å². The molecule has 0 aliphatic heterocycles. The molecular weight excluding hydrogens is 422 g/mol. The minimum Gasteiger partial charge on any atom is -0.494 e. The van der Waals surface area contributed by atoms with Gasteiger partial charge in [0.15, 0.2) is 11.8 Å². The van der Waals surface area contributed by atoms with Gasteiger partial charge in [0.2, 0.25) is 17.7 Å². The quantitative estimate of drug-likeness (QED) is 0.344. The first-order valence-corrected chi connectivity index (χ1v) is 10.1. The lowest BCUT2D eigenvalue weighted by molar-refractivity contribution is -0.152. The molecule has 0 saturated heterocycles. The lowest BCUT2D eigenvalue weighted by Crippen LogP contribution is -2.45. The van der Waals surface area contributed by atoms with Gasteiger partial charge in [-0.05, 0) is 34.1 Å². The molecule has 2 aromatic heterocycles. The summed E-state index contributed by atoms with van der Waals surface area (Å²) in [6, 6.07) is 5.06. The van der Waals surface area contributed by atoms with Crippen LogP contribution in [0.5, 0.6) is 23.5 Å². The Kier molecular flexibility index (Phi) is 7.68. The highest BCUT2D eigenvalue weighted by atomic mass is 16.7. The second kappa shape index (κ2) is 9.86. The number of rotatable bonds is 11. The molecule has 178 valence electrons. The highest BCUT2D eigenvalue weighted by molar-refractivity contribution is 5.76. The van der Waals surface area contributed by atoms with Crippen molar-refractivity contribution in [3.8, 4) is 23.5 Å². The van der Waals surface area contributed by atoms with Gasteiger partial charge in [0.25, 0.3) is 0 Å². The maximum Gasteiger partial charge on any atom is 0.336 e. The molecular formula is C21H31N3O8. The molecule has 2 heterocycles. The van der Waals surface area contributed by atoms with E-state index < -0.39 is 28.9 Å². The number of hydrogen-bond donors (Lipinski definition) is 5. The fourth-order valence-electron chi connectivity index (χ4n) is 3.00. The Morgan fingerprint density at radius 1 is 0.938 bits per heavy atom. The Morgan fingerprint density at radius 3 is 2.03 bits per heavy atom. The standard InChI is InChI=1S/C21H31N3O8/c1-20(2,22-14(25)9-11-23-15(26)5-6-16(23)27)10-12-31-21(3,4)13-19(30)32-24-17(28)7-8-18(24)29/h5-8,26-29H,9-13H2,1-4H3,(H,22,25). The summed E-state index contributed by atoms with van der Waals surface area (Å²) in [5.74, 6) is -2.02. The van der Waals surface area contributed by atoms with Gasteiger partial charge in [-0.25, -0.2) is 4.79 Å². The van der Waals surface area contributed by atoms with Crippen LogP contribution in [0, 0.1) is 0 Å². The minimum atomic E-state index is -0.890. The summed E-state index contributed by atoms with van der Waals surface area (Å²) in [7, 11) is 0. The smallest absolute Gasteiger partial charge is 0.336 e. The summed E-state index contributed by atoms with van der Waals surface area (Å²) in [5, 5.41) is 41.2. The maximum absolute atomic E-state index is 12.3. The van der Waals surface area contributed by atoms with Crippen molar-refractivity contribution < 1.29 is 39.6 Å². The molecule has 0 spiro atoms. The zero-order valence-electron chi connectivity index (χ0n) is 18.7. The number of nitrogens with zero attached hydrogens (tertiary/aromatic N) is 2. The molecule has 0 bridgehead atoms. The summed E-state index contributed by atoms with van der Waals surface area (Å²) in [5.41, 5.74) is -1.49. The summed E-state index contributed by atoms with van der Waals surface area (Å²) < 4.78 is 7.63. The van der Waals surface area contributed by atoms with Gasteiger partial charge in [-0.3, -0.25) is 9.36 Å². The van der Waals surface area contributed by atoms with Crippen LogP contribution in [0.15, 0.2) is 24.3 Å². The van der Waals surface area contributed by atoms with Crippen LogP contribution >= 0.6 is 0 Å². The van der Waals surface area contributed by atoms with E-state index in [0.29, 0.717) is 11.2 Å². The molecule has 0 atom stereocenters. The number of aromatic nitrogens is 2. The Morgan fingerprint density at radius 2 is 1.47 bits per heavy atom. The van der Waals surface area contributed by atoms with E-state index in [0.717, 1.165) is 0 Å². The van der Waals surface area contributed by atoms with Gasteiger partial charge in [0.05, 0.1) is 12.0 Å². The van der Waals surface area contributed by atoms with Crippen molar-refractivity contribution >= 4 is 11.9 Å². The molecule has 0 aliphatic carbocycles. The lowest BCUT2D eigenvalue weighted by atomic mass is 10.00. The van der Waals surface area contributed by atoms with E-state index in [1.54, 1.807) is 13.8 Å². The molecule has 1 amide bonds. The van der Waals surface area contributed by atoms with E-state index >= 15 is 0 Å². The monoisotopic (exact) mass is 453 g/mol. The normalized spacial score (nSPS) is 12.0. The molecule has 0 unspecified atom stereocenters. The van der Waals surface area contributed by atoms with Gasteiger partial charge < -0.3 is 35.3 Å². The van der Waals surface area contributed by atoms with E-state index in [-0.39, 0.29) is 43.7 Å². The molecule has 2 rings (SSSR count). The van der Waals surface area contributed by atoms with Gasteiger partial charge in [0.1, 0.15) is 0 Å². The number of carbonyl (C=O) groups excluding carboxylic acids is 2. The zero-order valence-corrected chi connectivity index (χ0v) is 18.7. The Bertz CT molecular complexity index is 906. The molecule has 0 aromatic carbocycles. The number of amides is 1. The molecule has 0 radical (unpaired) electrons. The number of carbonyl (C=O) groups is 2. The maximum atomic E-state index is 12.3. The summed E-state index contributed by atoms with van der Waals surface area (Å²) in [4.78, 5) is 29.3. The van der Waals surface area contributed by atoms with Crippen molar-refractivity contribution in [2.45, 2.75) is 64.6 Å². The second-order valence-electron chi connectivity index (χ2n) is 8.73. The molecule has 11 heteroatoms. The Balaban J connectivity index is 1.76. The van der Waals surface area contributed by atoms with Crippen LogP contribution in [0.4, 0.5) is 0 Å². The van der Waals surface area contributed by atoms with E-state index in [1.165, 1.54) is 28.8 Å². The Hall–Kier alpha value is -3.34. The number of ether oxygens (including phenoxy) is 1. The predicted molar refractivity (Wildman–Crippen MR) is 113 cm³/mol. The van der Waals surface area contributed by atoms with Crippen LogP contribution in [0.3, 0.4) is 0 Å². The SMILES string of the molecule is CC(C)(CCOC(C)(C)CC(=O)On1c(O)ccc1O)NC(=O)CCn1c(O)ccc1O. The highest BCUT2D eigenvalue weighted by Crippen LogP contribution is 2.23. The third-order valence-corrected chi connectivity index (χ3v) is 4.76. The lowest BCUT2D eigenvalue weighted by Gasteiger charge is -2.30. The zero-order chi connectivity index (χ0) is 24.1. The average molecular weight is 453 g/mol. The topological polar surface area (TPSA) is 155 Å². The third-order valence-electron chi connectivity index (χ3n) is 4.76. The van der Waals surface area contributed by atoms with Gasteiger partial charge in [0, 0.05) is 49.4 Å². The Labute approximate surface area is 185 Å². The van der Waals surface area contributed by atoms with Gasteiger partial charge >= 0.3 is 5.97 Å². The summed E-state index contributed by atoms with van der Waals surface area (Å²) >= 11 is 0. The summed E-state index contributed by atoms with van der Waals surface area (Å²) in [6.07, 6.45) is 0.383. The van der Waals surface area contributed by atoms with Crippen LogP contribution in [-0.2, 0) is 20.9 Å². The second-order valence-corrected chi connectivity index (χ2v) is 8.73. The molecule has 11 nitrogen and oxygen atoms in total. The van der Waals surface area contributed by atoms with Crippen LogP contribution in [0.2, 0.25) is 0 Å². The van der Waals surface area contributed by atoms with E-state index in [9.17, 15) is 30.0 Å². The average Bonchev–Trinajstić information content (AvgIpc) is 3.14. The molecule has 32 heavy (non-hydrogen) atoms. The van der Waals surface area contributed by atoms with Gasteiger partial charge in [-0.1, -0.05) is 0 Å².